The maximum atomic E-state index is 11.8. The molecule has 1 unspecified atom stereocenters. The third-order valence-corrected chi connectivity index (χ3v) is 2.30. The minimum absolute atomic E-state index is 0.0555. The molecule has 1 rings (SSSR count). The van der Waals surface area contributed by atoms with Gasteiger partial charge in [-0.15, -0.1) is 0 Å². The smallest absolute Gasteiger partial charge is 0.422 e. The molecule has 0 heterocycles. The Labute approximate surface area is 88.2 Å². The Kier molecular flexibility index (Phi) is 3.87. The Balaban J connectivity index is 2.66. The Morgan fingerprint density at radius 1 is 1.47 bits per heavy atom. The number of hydrogen-bond acceptors (Lipinski definition) is 2. The molecule has 15 heavy (non-hydrogen) atoms. The molecule has 0 saturated carbocycles. The fourth-order valence-corrected chi connectivity index (χ4v) is 1.35. The Hall–Kier alpha value is -0.880. The van der Waals surface area contributed by atoms with Crippen LogP contribution in [0.3, 0.4) is 0 Å². The minimum Gasteiger partial charge on any atom is -0.612 e. The molecule has 1 atom stereocenters. The Bertz CT molecular complexity index is 325. The van der Waals surface area contributed by atoms with Gasteiger partial charge in [0, 0.05) is 0 Å². The second-order valence-electron chi connectivity index (χ2n) is 2.74. The van der Waals surface area contributed by atoms with Crippen LogP contribution in [0.25, 0.3) is 0 Å². The van der Waals surface area contributed by atoms with Crippen LogP contribution in [0.5, 0.6) is 5.75 Å². The fraction of sp³-hybridized carbons (Fsp3) is 0.333. The second-order valence-corrected chi connectivity index (χ2v) is 4.09. The summed E-state index contributed by atoms with van der Waals surface area (Å²) >= 11 is -1.28. The summed E-state index contributed by atoms with van der Waals surface area (Å²) in [5.41, 5.74) is 0. The molecule has 0 aliphatic carbocycles. The highest BCUT2D eigenvalue weighted by atomic mass is 32.2. The molecular weight excluding hydrogens is 229 g/mol. The van der Waals surface area contributed by atoms with Crippen molar-refractivity contribution in [1.82, 2.24) is 0 Å². The van der Waals surface area contributed by atoms with Crippen molar-refractivity contribution in [3.63, 3.8) is 0 Å². The van der Waals surface area contributed by atoms with Crippen LogP contribution >= 0.6 is 0 Å². The van der Waals surface area contributed by atoms with Gasteiger partial charge in [0.15, 0.2) is 11.5 Å². The molecule has 83 valence electrons. The standard InChI is InChI=1S/C9H8F3O2S/c1-15(13)8-4-2-3-7(5-8)14-6-9(10,11)12/h2-4H,6H2,1H3. The van der Waals surface area contributed by atoms with Crippen LogP contribution in [0, 0.1) is 6.07 Å². The van der Waals surface area contributed by atoms with Crippen molar-refractivity contribution < 1.29 is 22.5 Å². The lowest BCUT2D eigenvalue weighted by molar-refractivity contribution is -0.153. The monoisotopic (exact) mass is 237 g/mol. The van der Waals surface area contributed by atoms with Gasteiger partial charge >= 0.3 is 6.18 Å². The lowest BCUT2D eigenvalue weighted by Crippen LogP contribution is -2.19. The van der Waals surface area contributed by atoms with E-state index in [4.69, 9.17) is 0 Å². The van der Waals surface area contributed by atoms with Gasteiger partial charge in [-0.25, -0.2) is 0 Å². The van der Waals surface area contributed by atoms with E-state index >= 15 is 0 Å². The predicted molar refractivity (Wildman–Crippen MR) is 49.2 cm³/mol. The molecule has 0 aromatic heterocycles. The molecule has 0 saturated heterocycles. The van der Waals surface area contributed by atoms with Crippen LogP contribution in [0.1, 0.15) is 0 Å². The third kappa shape index (κ3) is 4.44. The molecule has 0 N–H and O–H groups in total. The van der Waals surface area contributed by atoms with Gasteiger partial charge in [0.25, 0.3) is 0 Å². The number of alkyl halides is 3. The minimum atomic E-state index is -4.38. The van der Waals surface area contributed by atoms with Gasteiger partial charge in [0.1, 0.15) is 12.0 Å². The molecule has 0 aliphatic rings. The van der Waals surface area contributed by atoms with Crippen LogP contribution in [0.2, 0.25) is 0 Å². The first-order chi connectivity index (χ1) is 6.88. The summed E-state index contributed by atoms with van der Waals surface area (Å²) in [5.74, 6) is -0.0555. The fourth-order valence-electron chi connectivity index (χ4n) is 0.839. The first-order valence-corrected chi connectivity index (χ1v) is 5.49. The molecule has 2 nitrogen and oxygen atoms in total. The topological polar surface area (TPSA) is 32.3 Å². The van der Waals surface area contributed by atoms with E-state index in [1.165, 1.54) is 24.5 Å². The first-order valence-electron chi connectivity index (χ1n) is 3.94. The maximum Gasteiger partial charge on any atom is 0.422 e. The quantitative estimate of drug-likeness (QED) is 0.754. The number of rotatable bonds is 3. The molecule has 0 aliphatic heterocycles. The summed E-state index contributed by atoms with van der Waals surface area (Å²) in [5, 5.41) is 0. The van der Waals surface area contributed by atoms with E-state index in [1.807, 2.05) is 0 Å². The molecule has 0 amide bonds. The normalized spacial score (nSPS) is 13.7. The van der Waals surface area contributed by atoms with E-state index in [0.29, 0.717) is 4.90 Å². The number of ether oxygens (including phenoxy) is 1. The highest BCUT2D eigenvalue weighted by Crippen LogP contribution is 2.20. The molecule has 1 aromatic carbocycles. The van der Waals surface area contributed by atoms with Crippen LogP contribution in [-0.2, 0) is 11.2 Å². The summed E-state index contributed by atoms with van der Waals surface area (Å²) in [6.45, 7) is -1.37. The average molecular weight is 237 g/mol. The predicted octanol–water partition coefficient (Wildman–Crippen LogP) is 2.17. The van der Waals surface area contributed by atoms with E-state index < -0.39 is 24.0 Å². The summed E-state index contributed by atoms with van der Waals surface area (Å²) in [6.07, 6.45) is -2.96. The lowest BCUT2D eigenvalue weighted by Gasteiger charge is -2.09. The number of hydrogen-bond donors (Lipinski definition) is 0. The lowest BCUT2D eigenvalue weighted by atomic mass is 10.3. The van der Waals surface area contributed by atoms with E-state index in [1.54, 1.807) is 0 Å². The van der Waals surface area contributed by atoms with E-state index in [-0.39, 0.29) is 5.75 Å². The van der Waals surface area contributed by atoms with Gasteiger partial charge in [-0.1, -0.05) is 6.07 Å². The number of benzene rings is 1. The summed E-state index contributed by atoms with van der Waals surface area (Å²) in [7, 11) is 0. The zero-order valence-corrected chi connectivity index (χ0v) is 8.61. The van der Waals surface area contributed by atoms with Crippen LogP contribution in [0.15, 0.2) is 23.1 Å². The summed E-state index contributed by atoms with van der Waals surface area (Å²) in [4.78, 5) is 0.315. The maximum absolute atomic E-state index is 11.8. The molecule has 1 aromatic rings. The van der Waals surface area contributed by atoms with Crippen molar-refractivity contribution in [3.05, 3.63) is 24.3 Å². The summed E-state index contributed by atoms with van der Waals surface area (Å²) in [6, 6.07) is 6.81. The Morgan fingerprint density at radius 3 is 2.67 bits per heavy atom. The zero-order chi connectivity index (χ0) is 11.5. The van der Waals surface area contributed by atoms with Crippen LogP contribution < -0.4 is 4.74 Å². The van der Waals surface area contributed by atoms with E-state index in [0.717, 1.165) is 0 Å². The first kappa shape index (κ1) is 12.2. The van der Waals surface area contributed by atoms with Crippen molar-refractivity contribution in [2.75, 3.05) is 12.9 Å². The van der Waals surface area contributed by atoms with Crippen molar-refractivity contribution in [3.8, 4) is 5.75 Å². The zero-order valence-electron chi connectivity index (χ0n) is 7.80. The van der Waals surface area contributed by atoms with E-state index in [2.05, 4.69) is 10.8 Å². The largest absolute Gasteiger partial charge is 0.612 e. The second kappa shape index (κ2) is 4.76. The molecule has 0 spiro atoms. The van der Waals surface area contributed by atoms with Crippen LogP contribution in [0.4, 0.5) is 13.2 Å². The molecule has 1 radical (unpaired) electrons. The van der Waals surface area contributed by atoms with Crippen molar-refractivity contribution in [1.29, 1.82) is 0 Å². The highest BCUT2D eigenvalue weighted by molar-refractivity contribution is 7.90. The Morgan fingerprint density at radius 2 is 2.13 bits per heavy atom. The van der Waals surface area contributed by atoms with Gasteiger partial charge in [0.05, 0.1) is 6.07 Å². The molecule has 6 heteroatoms. The van der Waals surface area contributed by atoms with E-state index in [9.17, 15) is 17.7 Å². The molecular formula is C9H8F3O2S. The number of halogens is 3. The van der Waals surface area contributed by atoms with Gasteiger partial charge in [-0.2, -0.15) is 13.2 Å². The third-order valence-electron chi connectivity index (χ3n) is 1.44. The van der Waals surface area contributed by atoms with Gasteiger partial charge < -0.3 is 9.29 Å². The van der Waals surface area contributed by atoms with Gasteiger partial charge in [-0.05, 0) is 23.3 Å². The molecule has 0 bridgehead atoms. The summed E-state index contributed by atoms with van der Waals surface area (Å²) < 4.78 is 50.9. The van der Waals surface area contributed by atoms with Crippen molar-refractivity contribution >= 4 is 11.2 Å². The van der Waals surface area contributed by atoms with Crippen LogP contribution in [-0.4, -0.2) is 23.6 Å². The van der Waals surface area contributed by atoms with Crippen molar-refractivity contribution in [2.45, 2.75) is 11.1 Å². The average Bonchev–Trinajstić information content (AvgIpc) is 2.14. The highest BCUT2D eigenvalue weighted by Gasteiger charge is 2.28. The van der Waals surface area contributed by atoms with Gasteiger partial charge in [0.2, 0.25) is 0 Å². The van der Waals surface area contributed by atoms with Crippen molar-refractivity contribution in [2.24, 2.45) is 0 Å². The molecule has 0 fully saturated rings. The SMILES string of the molecule is C[S+]([O-])c1[c]c(OCC(F)(F)F)ccc1. The van der Waals surface area contributed by atoms with Gasteiger partial charge in [-0.3, -0.25) is 0 Å².